The van der Waals surface area contributed by atoms with Crippen molar-refractivity contribution in [2.45, 2.75) is 32.6 Å². The van der Waals surface area contributed by atoms with Crippen LogP contribution >= 0.6 is 0 Å². The van der Waals surface area contributed by atoms with Crippen LogP contribution in [-0.4, -0.2) is 43.2 Å². The van der Waals surface area contributed by atoms with Crippen LogP contribution in [0.25, 0.3) is 0 Å². The molecule has 1 rings (SSSR count). The number of hydrogen-bond acceptors (Lipinski definition) is 2. The molecule has 0 saturated carbocycles. The number of alkyl halides is 2. The molecule has 0 aliphatic carbocycles. The van der Waals surface area contributed by atoms with Crippen molar-refractivity contribution >= 4 is 0 Å². The molecular formula is C11H21F2NO. The van der Waals surface area contributed by atoms with Gasteiger partial charge in [-0.3, -0.25) is 0 Å². The van der Waals surface area contributed by atoms with Crippen molar-refractivity contribution in [1.82, 2.24) is 4.90 Å². The molecule has 15 heavy (non-hydrogen) atoms. The van der Waals surface area contributed by atoms with Gasteiger partial charge in [0.05, 0.1) is 6.61 Å². The maximum Gasteiger partial charge on any atom is 0.242 e. The summed E-state index contributed by atoms with van der Waals surface area (Å²) in [5, 5.41) is 9.45. The molecule has 4 heteroatoms. The largest absolute Gasteiger partial charge is 0.396 e. The Labute approximate surface area is 90.3 Å². The number of rotatable bonds is 4. The lowest BCUT2D eigenvalue weighted by Gasteiger charge is -2.46. The lowest BCUT2D eigenvalue weighted by atomic mass is 9.69. The summed E-state index contributed by atoms with van der Waals surface area (Å²) in [6.45, 7) is 3.15. The average Bonchev–Trinajstić information content (AvgIpc) is 2.17. The van der Waals surface area contributed by atoms with E-state index in [1.807, 2.05) is 18.9 Å². The lowest BCUT2D eigenvalue weighted by Crippen LogP contribution is -2.51. The highest BCUT2D eigenvalue weighted by atomic mass is 19.3. The van der Waals surface area contributed by atoms with Gasteiger partial charge in [0.1, 0.15) is 0 Å². The van der Waals surface area contributed by atoms with E-state index in [9.17, 15) is 13.9 Å². The zero-order chi connectivity index (χ0) is 11.5. The van der Waals surface area contributed by atoms with E-state index >= 15 is 0 Å². The van der Waals surface area contributed by atoms with E-state index in [1.54, 1.807) is 0 Å². The normalized spacial score (nSPS) is 33.6. The Morgan fingerprint density at radius 3 is 2.67 bits per heavy atom. The first-order valence-electron chi connectivity index (χ1n) is 5.63. The van der Waals surface area contributed by atoms with Gasteiger partial charge in [-0.2, -0.15) is 0 Å². The molecule has 2 atom stereocenters. The molecule has 0 unspecified atom stereocenters. The van der Waals surface area contributed by atoms with E-state index in [2.05, 4.69) is 0 Å². The Bertz CT molecular complexity index is 201. The summed E-state index contributed by atoms with van der Waals surface area (Å²) in [5.41, 5.74) is -0.587. The van der Waals surface area contributed by atoms with E-state index < -0.39 is 17.8 Å². The summed E-state index contributed by atoms with van der Waals surface area (Å²) in [4.78, 5) is 2.05. The highest BCUT2D eigenvalue weighted by molar-refractivity contribution is 4.93. The molecule has 90 valence electrons. The number of likely N-dealkylation sites (tertiary alicyclic amines) is 1. The van der Waals surface area contributed by atoms with E-state index in [1.165, 1.54) is 0 Å². The van der Waals surface area contributed by atoms with Gasteiger partial charge in [-0.15, -0.1) is 0 Å². The van der Waals surface area contributed by atoms with Gasteiger partial charge in [-0.25, -0.2) is 8.78 Å². The Morgan fingerprint density at radius 1 is 1.53 bits per heavy atom. The van der Waals surface area contributed by atoms with Crippen molar-refractivity contribution in [3.63, 3.8) is 0 Å². The summed E-state index contributed by atoms with van der Waals surface area (Å²) in [5.74, 6) is -0.640. The molecule has 1 heterocycles. The first kappa shape index (κ1) is 12.8. The second kappa shape index (κ2) is 5.21. The van der Waals surface area contributed by atoms with Crippen LogP contribution in [0, 0.1) is 11.3 Å². The number of aliphatic hydroxyl groups is 1. The molecule has 0 radical (unpaired) electrons. The van der Waals surface area contributed by atoms with E-state index in [4.69, 9.17) is 0 Å². The first-order valence-corrected chi connectivity index (χ1v) is 5.63. The molecular weight excluding hydrogens is 200 g/mol. The van der Waals surface area contributed by atoms with Crippen molar-refractivity contribution in [3.05, 3.63) is 0 Å². The fourth-order valence-electron chi connectivity index (χ4n) is 2.80. The fraction of sp³-hybridized carbons (Fsp3) is 1.00. The molecule has 0 amide bonds. The van der Waals surface area contributed by atoms with Crippen molar-refractivity contribution in [3.8, 4) is 0 Å². The Hall–Kier alpha value is -0.220. The molecule has 0 bridgehead atoms. The number of hydrogen-bond donors (Lipinski definition) is 1. The minimum atomic E-state index is -2.31. The van der Waals surface area contributed by atoms with Crippen molar-refractivity contribution in [1.29, 1.82) is 0 Å². The van der Waals surface area contributed by atoms with Gasteiger partial charge in [0.15, 0.2) is 0 Å². The number of aliphatic hydroxyl groups excluding tert-OH is 1. The van der Waals surface area contributed by atoms with Gasteiger partial charge in [0.2, 0.25) is 6.43 Å². The Balaban J connectivity index is 2.82. The molecule has 1 fully saturated rings. The summed E-state index contributed by atoms with van der Waals surface area (Å²) in [7, 11) is 1.93. The smallest absolute Gasteiger partial charge is 0.242 e. The highest BCUT2D eigenvalue weighted by Gasteiger charge is 2.45. The second-order valence-electron chi connectivity index (χ2n) is 4.74. The zero-order valence-electron chi connectivity index (χ0n) is 9.55. The second-order valence-corrected chi connectivity index (χ2v) is 4.74. The molecule has 1 aliphatic rings. The molecule has 0 spiro atoms. The lowest BCUT2D eigenvalue weighted by molar-refractivity contribution is -0.0861. The van der Waals surface area contributed by atoms with Crippen LogP contribution in [0.5, 0.6) is 0 Å². The summed E-state index contributed by atoms with van der Waals surface area (Å²) >= 11 is 0. The van der Waals surface area contributed by atoms with E-state index in [-0.39, 0.29) is 6.61 Å². The third-order valence-corrected chi connectivity index (χ3v) is 3.56. The number of piperidine rings is 1. The highest BCUT2D eigenvalue weighted by Crippen LogP contribution is 2.42. The predicted molar refractivity (Wildman–Crippen MR) is 56.0 cm³/mol. The van der Waals surface area contributed by atoms with Gasteiger partial charge >= 0.3 is 0 Å². The fourth-order valence-corrected chi connectivity index (χ4v) is 2.80. The molecule has 2 nitrogen and oxygen atoms in total. The topological polar surface area (TPSA) is 23.5 Å². The van der Waals surface area contributed by atoms with Gasteiger partial charge < -0.3 is 10.0 Å². The Morgan fingerprint density at radius 2 is 2.20 bits per heavy atom. The van der Waals surface area contributed by atoms with Crippen LogP contribution in [0.3, 0.4) is 0 Å². The van der Waals surface area contributed by atoms with Crippen molar-refractivity contribution in [2.75, 3.05) is 26.7 Å². The summed E-state index contributed by atoms with van der Waals surface area (Å²) in [6.07, 6.45) is -0.285. The molecule has 0 aromatic rings. The van der Waals surface area contributed by atoms with Gasteiger partial charge in [-0.05, 0) is 26.4 Å². The maximum absolute atomic E-state index is 12.9. The standard InChI is InChI=1S/C11H21F2NO/c1-3-5-11(8-15)7-14(2)6-4-9(11)10(12)13/h9-10,15H,3-8H2,1-2H3/t9-,11+/m1/s1. The van der Waals surface area contributed by atoms with Crippen LogP contribution in [0.1, 0.15) is 26.2 Å². The average molecular weight is 221 g/mol. The molecule has 1 saturated heterocycles. The first-order chi connectivity index (χ1) is 7.05. The quantitative estimate of drug-likeness (QED) is 0.784. The van der Waals surface area contributed by atoms with Gasteiger partial charge in [-0.1, -0.05) is 13.3 Å². The van der Waals surface area contributed by atoms with Crippen molar-refractivity contribution in [2.24, 2.45) is 11.3 Å². The SMILES string of the molecule is CCC[C@@]1(CO)CN(C)CC[C@@H]1C(F)F. The molecule has 0 aromatic carbocycles. The van der Waals surface area contributed by atoms with Gasteiger partial charge in [0, 0.05) is 17.9 Å². The molecule has 1 aliphatic heterocycles. The van der Waals surface area contributed by atoms with Gasteiger partial charge in [0.25, 0.3) is 0 Å². The van der Waals surface area contributed by atoms with E-state index in [0.29, 0.717) is 25.9 Å². The van der Waals surface area contributed by atoms with E-state index in [0.717, 1.165) is 6.42 Å². The van der Waals surface area contributed by atoms with Crippen LogP contribution in [-0.2, 0) is 0 Å². The third kappa shape index (κ3) is 2.67. The number of halogens is 2. The number of nitrogens with zero attached hydrogens (tertiary/aromatic N) is 1. The molecule has 0 aromatic heterocycles. The summed E-state index contributed by atoms with van der Waals surface area (Å²) in [6, 6.07) is 0. The summed E-state index contributed by atoms with van der Waals surface area (Å²) < 4.78 is 25.8. The van der Waals surface area contributed by atoms with Crippen LogP contribution in [0.4, 0.5) is 8.78 Å². The van der Waals surface area contributed by atoms with Crippen molar-refractivity contribution < 1.29 is 13.9 Å². The zero-order valence-corrected chi connectivity index (χ0v) is 9.55. The maximum atomic E-state index is 12.9. The van der Waals surface area contributed by atoms with Crippen LogP contribution < -0.4 is 0 Å². The van der Waals surface area contributed by atoms with Crippen LogP contribution in [0.15, 0.2) is 0 Å². The minimum absolute atomic E-state index is 0.125. The van der Waals surface area contributed by atoms with Crippen LogP contribution in [0.2, 0.25) is 0 Å². The third-order valence-electron chi connectivity index (χ3n) is 3.56. The monoisotopic (exact) mass is 221 g/mol. The molecule has 1 N–H and O–H groups in total. The Kier molecular flexibility index (Phi) is 4.46. The minimum Gasteiger partial charge on any atom is -0.396 e. The predicted octanol–water partition coefficient (Wildman–Crippen LogP) is 1.98.